The monoisotopic (exact) mass is 230 g/mol. The minimum absolute atomic E-state index is 0.349. The lowest BCUT2D eigenvalue weighted by Crippen LogP contribution is -2.39. The summed E-state index contributed by atoms with van der Waals surface area (Å²) in [7, 11) is 3.90. The van der Waals surface area contributed by atoms with E-state index >= 15 is 0 Å². The normalized spacial score (nSPS) is 14.4. The highest BCUT2D eigenvalue weighted by Crippen LogP contribution is 2.18. The van der Waals surface area contributed by atoms with E-state index < -0.39 is 0 Å². The van der Waals surface area contributed by atoms with E-state index in [0.29, 0.717) is 11.5 Å². The van der Waals surface area contributed by atoms with Crippen LogP contribution >= 0.6 is 0 Å². The van der Waals surface area contributed by atoms with E-state index in [2.05, 4.69) is 45.0 Å². The van der Waals surface area contributed by atoms with Gasteiger partial charge in [0.15, 0.2) is 0 Å². The van der Waals surface area contributed by atoms with Gasteiger partial charge in [-0.05, 0) is 38.9 Å². The quantitative estimate of drug-likeness (QED) is 0.645. The smallest absolute Gasteiger partial charge is 0.0589 e. The maximum Gasteiger partial charge on any atom is 0.0589 e. The molecule has 0 aliphatic rings. The van der Waals surface area contributed by atoms with Crippen LogP contribution in [0.4, 0.5) is 0 Å². The third-order valence-corrected chi connectivity index (χ3v) is 3.14. The Labute approximate surface area is 102 Å². The lowest BCUT2D eigenvalue weighted by Gasteiger charge is -2.28. The molecule has 98 valence electrons. The van der Waals surface area contributed by atoms with Crippen molar-refractivity contribution in [3.63, 3.8) is 0 Å². The molecule has 0 aliphatic heterocycles. The second-order valence-electron chi connectivity index (χ2n) is 5.69. The molecule has 0 rings (SSSR count). The second-order valence-corrected chi connectivity index (χ2v) is 5.69. The molecule has 1 atom stereocenters. The summed E-state index contributed by atoms with van der Waals surface area (Å²) in [4.78, 5) is 2.31. The lowest BCUT2D eigenvalue weighted by atomic mass is 9.88. The highest BCUT2D eigenvalue weighted by molar-refractivity contribution is 4.75. The summed E-state index contributed by atoms with van der Waals surface area (Å²) in [5.41, 5.74) is 0.349. The lowest BCUT2D eigenvalue weighted by molar-refractivity contribution is 0.160. The van der Waals surface area contributed by atoms with Gasteiger partial charge in [-0.15, -0.1) is 0 Å². The molecule has 0 saturated carbocycles. The number of methoxy groups -OCH3 is 1. The van der Waals surface area contributed by atoms with Crippen LogP contribution in [0.1, 0.15) is 34.1 Å². The molecule has 0 aromatic carbocycles. The van der Waals surface area contributed by atoms with Crippen LogP contribution in [-0.2, 0) is 4.74 Å². The number of nitrogens with zero attached hydrogens (tertiary/aromatic N) is 1. The maximum absolute atomic E-state index is 5.04. The first-order valence-electron chi connectivity index (χ1n) is 6.28. The molecule has 1 unspecified atom stereocenters. The predicted octanol–water partition coefficient (Wildman–Crippen LogP) is 1.98. The fourth-order valence-corrected chi connectivity index (χ4v) is 1.33. The minimum Gasteiger partial charge on any atom is -0.383 e. The number of hydrogen-bond donors (Lipinski definition) is 1. The van der Waals surface area contributed by atoms with E-state index in [0.717, 1.165) is 26.2 Å². The number of hydrogen-bond acceptors (Lipinski definition) is 3. The summed E-state index contributed by atoms with van der Waals surface area (Å²) in [6.07, 6.45) is 1.20. The number of nitrogens with one attached hydrogen (secondary N) is 1. The molecular formula is C13H30N2O. The summed E-state index contributed by atoms with van der Waals surface area (Å²) in [5, 5.41) is 3.58. The van der Waals surface area contributed by atoms with Gasteiger partial charge in [-0.2, -0.15) is 0 Å². The zero-order valence-corrected chi connectivity index (χ0v) is 12.0. The van der Waals surface area contributed by atoms with E-state index in [-0.39, 0.29) is 0 Å². The Balaban J connectivity index is 3.46. The molecule has 3 nitrogen and oxygen atoms in total. The van der Waals surface area contributed by atoms with Crippen molar-refractivity contribution < 1.29 is 4.74 Å². The summed E-state index contributed by atoms with van der Waals surface area (Å²) in [6, 6.07) is 0.566. The summed E-state index contributed by atoms with van der Waals surface area (Å²) < 4.78 is 5.04. The Kier molecular flexibility index (Phi) is 7.98. The van der Waals surface area contributed by atoms with E-state index in [9.17, 15) is 0 Å². The largest absolute Gasteiger partial charge is 0.383 e. The third-order valence-electron chi connectivity index (χ3n) is 3.14. The number of rotatable bonds is 8. The van der Waals surface area contributed by atoms with Crippen molar-refractivity contribution in [1.82, 2.24) is 10.2 Å². The molecule has 16 heavy (non-hydrogen) atoms. The molecule has 0 bridgehead atoms. The average Bonchev–Trinajstić information content (AvgIpc) is 2.19. The first-order valence-corrected chi connectivity index (χ1v) is 6.28. The Morgan fingerprint density at radius 2 is 1.88 bits per heavy atom. The van der Waals surface area contributed by atoms with Gasteiger partial charge < -0.3 is 15.0 Å². The van der Waals surface area contributed by atoms with Crippen LogP contribution in [0.15, 0.2) is 0 Å². The van der Waals surface area contributed by atoms with Crippen molar-refractivity contribution >= 4 is 0 Å². The molecule has 0 heterocycles. The molecule has 0 radical (unpaired) electrons. The highest BCUT2D eigenvalue weighted by atomic mass is 16.5. The zero-order valence-electron chi connectivity index (χ0n) is 12.0. The number of ether oxygens (including phenoxy) is 1. The van der Waals surface area contributed by atoms with Gasteiger partial charge in [-0.3, -0.25) is 0 Å². The molecule has 0 spiro atoms. The van der Waals surface area contributed by atoms with Crippen LogP contribution in [0.3, 0.4) is 0 Å². The van der Waals surface area contributed by atoms with Gasteiger partial charge in [0.2, 0.25) is 0 Å². The average molecular weight is 230 g/mol. The molecule has 0 amide bonds. The van der Waals surface area contributed by atoms with Gasteiger partial charge in [0.05, 0.1) is 6.61 Å². The molecule has 3 heteroatoms. The Morgan fingerprint density at radius 1 is 1.25 bits per heavy atom. The molecule has 0 aliphatic carbocycles. The molecule has 0 saturated heterocycles. The standard InChI is InChI=1S/C13H30N2O/c1-12(13(2,3)4)14-8-7-9-15(5)10-11-16-6/h12,14H,7-11H2,1-6H3. The van der Waals surface area contributed by atoms with Crippen LogP contribution in [0.2, 0.25) is 0 Å². The van der Waals surface area contributed by atoms with Crippen LogP contribution < -0.4 is 5.32 Å². The van der Waals surface area contributed by atoms with Crippen LogP contribution in [0.25, 0.3) is 0 Å². The van der Waals surface area contributed by atoms with Crippen molar-refractivity contribution in [3.8, 4) is 0 Å². The van der Waals surface area contributed by atoms with E-state index in [1.807, 2.05) is 0 Å². The van der Waals surface area contributed by atoms with Crippen molar-refractivity contribution in [2.24, 2.45) is 5.41 Å². The van der Waals surface area contributed by atoms with Gasteiger partial charge in [-0.25, -0.2) is 0 Å². The SMILES string of the molecule is COCCN(C)CCCNC(C)C(C)(C)C. The molecule has 0 fully saturated rings. The van der Waals surface area contributed by atoms with Crippen molar-refractivity contribution in [2.75, 3.05) is 40.4 Å². The van der Waals surface area contributed by atoms with Gasteiger partial charge in [0.25, 0.3) is 0 Å². The first-order chi connectivity index (χ1) is 7.38. The van der Waals surface area contributed by atoms with Gasteiger partial charge in [-0.1, -0.05) is 20.8 Å². The second kappa shape index (κ2) is 8.04. The van der Waals surface area contributed by atoms with Gasteiger partial charge in [0.1, 0.15) is 0 Å². The molecular weight excluding hydrogens is 200 g/mol. The fourth-order valence-electron chi connectivity index (χ4n) is 1.33. The minimum atomic E-state index is 0.349. The molecule has 0 aromatic heterocycles. The summed E-state index contributed by atoms with van der Waals surface area (Å²) in [6.45, 7) is 13.1. The van der Waals surface area contributed by atoms with Crippen LogP contribution in [-0.4, -0.2) is 51.3 Å². The summed E-state index contributed by atoms with van der Waals surface area (Å²) in [5.74, 6) is 0. The Hall–Kier alpha value is -0.120. The third kappa shape index (κ3) is 8.08. The summed E-state index contributed by atoms with van der Waals surface area (Å²) >= 11 is 0. The molecule has 0 aromatic rings. The maximum atomic E-state index is 5.04. The van der Waals surface area contributed by atoms with Crippen molar-refractivity contribution in [2.45, 2.75) is 40.2 Å². The van der Waals surface area contributed by atoms with Crippen molar-refractivity contribution in [1.29, 1.82) is 0 Å². The highest BCUT2D eigenvalue weighted by Gasteiger charge is 2.18. The van der Waals surface area contributed by atoms with Gasteiger partial charge in [0, 0.05) is 19.7 Å². The first kappa shape index (κ1) is 15.9. The van der Waals surface area contributed by atoms with Gasteiger partial charge >= 0.3 is 0 Å². The Morgan fingerprint density at radius 3 is 2.38 bits per heavy atom. The number of likely N-dealkylation sites (N-methyl/N-ethyl adjacent to an activating group) is 1. The Bertz CT molecular complexity index is 166. The van der Waals surface area contributed by atoms with E-state index in [1.54, 1.807) is 7.11 Å². The van der Waals surface area contributed by atoms with Crippen molar-refractivity contribution in [3.05, 3.63) is 0 Å². The topological polar surface area (TPSA) is 24.5 Å². The fraction of sp³-hybridized carbons (Fsp3) is 1.00. The van der Waals surface area contributed by atoms with Crippen LogP contribution in [0, 0.1) is 5.41 Å². The van der Waals surface area contributed by atoms with E-state index in [4.69, 9.17) is 4.74 Å². The predicted molar refractivity (Wildman–Crippen MR) is 70.9 cm³/mol. The van der Waals surface area contributed by atoms with E-state index in [1.165, 1.54) is 6.42 Å². The molecule has 1 N–H and O–H groups in total. The zero-order chi connectivity index (χ0) is 12.6. The van der Waals surface area contributed by atoms with Crippen LogP contribution in [0.5, 0.6) is 0 Å².